The van der Waals surface area contributed by atoms with E-state index in [0.29, 0.717) is 17.5 Å². The summed E-state index contributed by atoms with van der Waals surface area (Å²) in [5, 5.41) is 8.10. The molecule has 110 valence electrons. The zero-order chi connectivity index (χ0) is 15.7. The van der Waals surface area contributed by atoms with Crippen molar-refractivity contribution in [2.45, 2.75) is 0 Å². The molecular weight excluding hydrogens is 264 g/mol. The lowest BCUT2D eigenvalue weighted by molar-refractivity contribution is -0.106. The molecule has 0 fully saturated rings. The number of methoxy groups -OCH3 is 1. The molecule has 0 radical (unpaired) electrons. The Morgan fingerprint density at radius 1 is 1.45 bits per heavy atom. The van der Waals surface area contributed by atoms with Gasteiger partial charge in [-0.25, -0.2) is 10.6 Å². The summed E-state index contributed by atoms with van der Waals surface area (Å²) < 4.78 is 4.54. The zero-order valence-corrected chi connectivity index (χ0v) is 11.5. The summed E-state index contributed by atoms with van der Waals surface area (Å²) >= 11 is 0. The lowest BCUT2D eigenvalue weighted by atomic mass is 10.2. The maximum absolute atomic E-state index is 11.2. The second-order valence-electron chi connectivity index (χ2n) is 3.45. The topological polar surface area (TPSA) is 132 Å². The van der Waals surface area contributed by atoms with Crippen LogP contribution in [0.1, 0.15) is 16.1 Å². The molecule has 20 heavy (non-hydrogen) atoms. The lowest BCUT2D eigenvalue weighted by Crippen LogP contribution is -2.28. The van der Waals surface area contributed by atoms with Crippen LogP contribution in [0.5, 0.6) is 0 Å². The molecule has 1 aromatic heterocycles. The number of carbonyl (C=O) groups excluding carboxylic acids is 2. The number of carbonyl (C=O) groups is 2. The Kier molecular flexibility index (Phi) is 7.56. The smallest absolute Gasteiger partial charge is 0.339 e. The number of rotatable bonds is 4. The average molecular weight is 282 g/mol. The summed E-state index contributed by atoms with van der Waals surface area (Å²) in [7, 11) is 3.76. The van der Waals surface area contributed by atoms with Gasteiger partial charge in [-0.15, -0.1) is 0 Å². The van der Waals surface area contributed by atoms with Gasteiger partial charge in [-0.1, -0.05) is 0 Å². The lowest BCUT2D eigenvalue weighted by Gasteiger charge is -2.14. The highest BCUT2D eigenvalue weighted by Gasteiger charge is 2.11. The standard InChI is InChI=1S/C11H14N4O3.CH4O/c1-15(13)9(6-16)10(12)8-4-3-7(5-14-8)11(17)18-2;1-2/h3-6H,12-13H2,1-2H3;2H,1H3/b10-9-;. The normalized spacial score (nSPS) is 10.7. The van der Waals surface area contributed by atoms with Crippen molar-refractivity contribution in [3.8, 4) is 0 Å². The van der Waals surface area contributed by atoms with Crippen LogP contribution in [0.4, 0.5) is 0 Å². The van der Waals surface area contributed by atoms with Gasteiger partial charge in [-0.2, -0.15) is 0 Å². The van der Waals surface area contributed by atoms with Crippen molar-refractivity contribution in [2.24, 2.45) is 11.6 Å². The summed E-state index contributed by atoms with van der Waals surface area (Å²) in [5.41, 5.74) is 6.64. The molecule has 0 bridgehead atoms. The van der Waals surface area contributed by atoms with Crippen LogP contribution in [0.15, 0.2) is 24.0 Å². The number of allylic oxidation sites excluding steroid dienone is 1. The number of hydrogen-bond acceptors (Lipinski definition) is 8. The molecule has 0 spiro atoms. The zero-order valence-electron chi connectivity index (χ0n) is 11.5. The Hall–Kier alpha value is -2.45. The van der Waals surface area contributed by atoms with Gasteiger partial charge >= 0.3 is 5.97 Å². The fraction of sp³-hybridized carbons (Fsp3) is 0.250. The first-order chi connectivity index (χ1) is 9.51. The minimum Gasteiger partial charge on any atom is -0.465 e. The Balaban J connectivity index is 0.00000172. The molecule has 0 aliphatic rings. The molecular formula is C12H18N4O4. The van der Waals surface area contributed by atoms with Crippen LogP contribution in [0, 0.1) is 0 Å². The maximum Gasteiger partial charge on any atom is 0.339 e. The van der Waals surface area contributed by atoms with E-state index in [0.717, 1.165) is 12.1 Å². The number of likely N-dealkylation sites (N-methyl/N-ethyl adjacent to an activating group) is 1. The number of aliphatic hydroxyl groups is 1. The fourth-order valence-corrected chi connectivity index (χ4v) is 1.26. The van der Waals surface area contributed by atoms with E-state index >= 15 is 0 Å². The summed E-state index contributed by atoms with van der Waals surface area (Å²) in [6.07, 6.45) is 1.85. The SMILES string of the molecule is CO.COC(=O)c1ccc(/C(N)=C(\C=O)N(C)N)nc1. The van der Waals surface area contributed by atoms with Crippen LogP contribution in [-0.4, -0.2) is 48.6 Å². The van der Waals surface area contributed by atoms with E-state index in [1.54, 1.807) is 0 Å². The summed E-state index contributed by atoms with van der Waals surface area (Å²) in [5.74, 6) is 4.95. The van der Waals surface area contributed by atoms with Crippen molar-refractivity contribution in [3.63, 3.8) is 0 Å². The van der Waals surface area contributed by atoms with E-state index in [-0.39, 0.29) is 11.4 Å². The van der Waals surface area contributed by atoms with E-state index in [1.165, 1.54) is 32.5 Å². The van der Waals surface area contributed by atoms with Crippen molar-refractivity contribution >= 4 is 18.0 Å². The minimum atomic E-state index is -0.497. The van der Waals surface area contributed by atoms with Gasteiger partial charge in [0.2, 0.25) is 0 Å². The first-order valence-electron chi connectivity index (χ1n) is 5.44. The molecule has 0 unspecified atom stereocenters. The highest BCUT2D eigenvalue weighted by Crippen LogP contribution is 2.11. The van der Waals surface area contributed by atoms with E-state index in [9.17, 15) is 9.59 Å². The largest absolute Gasteiger partial charge is 0.465 e. The van der Waals surface area contributed by atoms with E-state index < -0.39 is 5.97 Å². The first-order valence-corrected chi connectivity index (χ1v) is 5.44. The van der Waals surface area contributed by atoms with Crippen molar-refractivity contribution in [1.82, 2.24) is 9.99 Å². The molecule has 0 aliphatic heterocycles. The molecule has 8 nitrogen and oxygen atoms in total. The van der Waals surface area contributed by atoms with Crippen LogP contribution in [0.25, 0.3) is 5.70 Å². The van der Waals surface area contributed by atoms with E-state index in [2.05, 4.69) is 9.72 Å². The number of pyridine rings is 1. The molecule has 8 heteroatoms. The summed E-state index contributed by atoms with van der Waals surface area (Å²) in [6, 6.07) is 3.01. The average Bonchev–Trinajstić information content (AvgIpc) is 2.48. The van der Waals surface area contributed by atoms with E-state index in [4.69, 9.17) is 16.7 Å². The molecule has 0 amide bonds. The molecule has 0 aliphatic carbocycles. The van der Waals surface area contributed by atoms with Gasteiger partial charge in [-0.3, -0.25) is 9.78 Å². The summed E-state index contributed by atoms with van der Waals surface area (Å²) in [4.78, 5) is 26.0. The number of aliphatic hydroxyl groups excluding tert-OH is 1. The van der Waals surface area contributed by atoms with Crippen molar-refractivity contribution < 1.29 is 19.4 Å². The fourth-order valence-electron chi connectivity index (χ4n) is 1.26. The Labute approximate surface area is 116 Å². The summed E-state index contributed by atoms with van der Waals surface area (Å²) in [6.45, 7) is 0. The first kappa shape index (κ1) is 17.6. The monoisotopic (exact) mass is 282 g/mol. The van der Waals surface area contributed by atoms with Crippen molar-refractivity contribution in [2.75, 3.05) is 21.3 Å². The number of aromatic nitrogens is 1. The third-order valence-electron chi connectivity index (χ3n) is 2.23. The van der Waals surface area contributed by atoms with Gasteiger partial charge in [0, 0.05) is 20.4 Å². The number of ether oxygens (including phenoxy) is 1. The van der Waals surface area contributed by atoms with Crippen molar-refractivity contribution in [1.29, 1.82) is 0 Å². The van der Waals surface area contributed by atoms with Gasteiger partial charge in [-0.05, 0) is 12.1 Å². The molecule has 1 aromatic rings. The molecule has 0 saturated heterocycles. The highest BCUT2D eigenvalue weighted by molar-refractivity contribution is 5.89. The molecule has 0 atom stereocenters. The van der Waals surface area contributed by atoms with Crippen molar-refractivity contribution in [3.05, 3.63) is 35.3 Å². The minimum absolute atomic E-state index is 0.105. The van der Waals surface area contributed by atoms with Crippen LogP contribution < -0.4 is 11.6 Å². The number of hydrazine groups is 1. The number of hydrogen-bond donors (Lipinski definition) is 3. The van der Waals surface area contributed by atoms with Gasteiger partial charge in [0.15, 0.2) is 6.29 Å². The third kappa shape index (κ3) is 4.34. The van der Waals surface area contributed by atoms with Crippen LogP contribution in [0.2, 0.25) is 0 Å². The number of esters is 1. The molecule has 0 aromatic carbocycles. The Morgan fingerprint density at radius 3 is 2.40 bits per heavy atom. The second kappa shape index (κ2) is 8.62. The number of nitrogens with zero attached hydrogens (tertiary/aromatic N) is 2. The van der Waals surface area contributed by atoms with E-state index in [1.807, 2.05) is 0 Å². The number of aldehydes is 1. The third-order valence-corrected chi connectivity index (χ3v) is 2.23. The van der Waals surface area contributed by atoms with Gasteiger partial charge < -0.3 is 20.6 Å². The van der Waals surface area contributed by atoms with Crippen LogP contribution in [-0.2, 0) is 9.53 Å². The number of nitrogens with two attached hydrogens (primary N) is 2. The maximum atomic E-state index is 11.2. The van der Waals surface area contributed by atoms with Gasteiger partial charge in [0.25, 0.3) is 0 Å². The second-order valence-corrected chi connectivity index (χ2v) is 3.45. The Bertz CT molecular complexity index is 483. The van der Waals surface area contributed by atoms with Gasteiger partial charge in [0.05, 0.1) is 24.1 Å². The van der Waals surface area contributed by atoms with Crippen LogP contribution in [0.3, 0.4) is 0 Å². The highest BCUT2D eigenvalue weighted by atomic mass is 16.5. The van der Waals surface area contributed by atoms with Crippen LogP contribution >= 0.6 is 0 Å². The molecule has 1 heterocycles. The quantitative estimate of drug-likeness (QED) is 0.213. The molecule has 1 rings (SSSR count). The predicted molar refractivity (Wildman–Crippen MR) is 72.8 cm³/mol. The Morgan fingerprint density at radius 2 is 2.05 bits per heavy atom. The van der Waals surface area contributed by atoms with Gasteiger partial charge in [0.1, 0.15) is 5.70 Å². The molecule has 5 N–H and O–H groups in total. The predicted octanol–water partition coefficient (Wildman–Crippen LogP) is -0.892. The molecule has 0 saturated carbocycles.